The zero-order chi connectivity index (χ0) is 17.4. The summed E-state index contributed by atoms with van der Waals surface area (Å²) in [5, 5.41) is 0.949. The van der Waals surface area contributed by atoms with E-state index in [1.165, 1.54) is 19.5 Å². The molecular weight excluding hydrogens is 321 g/mol. The fraction of sp³-hybridized carbons (Fsp3) is 0.158. The molecule has 0 bridgehead atoms. The fourth-order valence-corrected chi connectivity index (χ4v) is 2.94. The van der Waals surface area contributed by atoms with Crippen LogP contribution in [0.2, 0.25) is 0 Å². The molecule has 2 heterocycles. The molecule has 0 N–H and O–H groups in total. The van der Waals surface area contributed by atoms with E-state index < -0.39 is 0 Å². The van der Waals surface area contributed by atoms with E-state index in [-0.39, 0.29) is 11.6 Å². The molecule has 0 aliphatic heterocycles. The van der Waals surface area contributed by atoms with E-state index in [0.717, 1.165) is 22.0 Å². The van der Waals surface area contributed by atoms with Crippen molar-refractivity contribution in [3.63, 3.8) is 0 Å². The Labute approximate surface area is 143 Å². The molecule has 0 atom stereocenters. The van der Waals surface area contributed by atoms with E-state index in [1.807, 2.05) is 42.3 Å². The molecule has 4 rings (SSSR count). The first kappa shape index (κ1) is 15.4. The standard InChI is InChI=1S/C19H16FN3O2/c1-23(10-12-7-8-16(24-2)14(20)9-12)19-18-17(21-11-22-19)13-5-3-4-6-15(13)25-18/h3-9,11H,10H2,1-2H3. The summed E-state index contributed by atoms with van der Waals surface area (Å²) in [7, 11) is 3.33. The van der Waals surface area contributed by atoms with Crippen LogP contribution < -0.4 is 9.64 Å². The Morgan fingerprint density at radius 2 is 2.00 bits per heavy atom. The van der Waals surface area contributed by atoms with Crippen LogP contribution in [-0.2, 0) is 6.54 Å². The molecule has 0 saturated heterocycles. The third-order valence-electron chi connectivity index (χ3n) is 4.14. The second-order valence-corrected chi connectivity index (χ2v) is 5.80. The first-order valence-corrected chi connectivity index (χ1v) is 7.83. The normalized spacial score (nSPS) is 11.2. The number of hydrogen-bond donors (Lipinski definition) is 0. The summed E-state index contributed by atoms with van der Waals surface area (Å²) in [5.74, 6) is 0.510. The van der Waals surface area contributed by atoms with Crippen molar-refractivity contribution in [2.75, 3.05) is 19.1 Å². The van der Waals surface area contributed by atoms with E-state index in [0.29, 0.717) is 17.9 Å². The highest BCUT2D eigenvalue weighted by atomic mass is 19.1. The Morgan fingerprint density at radius 1 is 1.16 bits per heavy atom. The van der Waals surface area contributed by atoms with Gasteiger partial charge in [0.1, 0.15) is 17.4 Å². The number of hydrogen-bond acceptors (Lipinski definition) is 5. The van der Waals surface area contributed by atoms with Crippen LogP contribution in [0.5, 0.6) is 5.75 Å². The minimum atomic E-state index is -0.384. The van der Waals surface area contributed by atoms with Crippen molar-refractivity contribution in [3.8, 4) is 5.75 Å². The number of furan rings is 1. The number of aromatic nitrogens is 2. The largest absolute Gasteiger partial charge is 0.494 e. The molecule has 0 aliphatic rings. The molecule has 5 nitrogen and oxygen atoms in total. The van der Waals surface area contributed by atoms with Gasteiger partial charge in [-0.3, -0.25) is 0 Å². The third-order valence-corrected chi connectivity index (χ3v) is 4.14. The van der Waals surface area contributed by atoms with Crippen molar-refractivity contribution >= 4 is 27.9 Å². The van der Waals surface area contributed by atoms with Gasteiger partial charge in [0, 0.05) is 19.0 Å². The number of fused-ring (bicyclic) bond motifs is 3. The van der Waals surface area contributed by atoms with E-state index in [1.54, 1.807) is 6.07 Å². The van der Waals surface area contributed by atoms with E-state index in [2.05, 4.69) is 9.97 Å². The van der Waals surface area contributed by atoms with Crippen molar-refractivity contribution < 1.29 is 13.5 Å². The van der Waals surface area contributed by atoms with Crippen LogP contribution in [-0.4, -0.2) is 24.1 Å². The highest BCUT2D eigenvalue weighted by Crippen LogP contribution is 2.32. The predicted octanol–water partition coefficient (Wildman–Crippen LogP) is 4.16. The molecule has 4 aromatic rings. The quantitative estimate of drug-likeness (QED) is 0.560. The number of halogens is 1. The predicted molar refractivity (Wildman–Crippen MR) is 94.4 cm³/mol. The van der Waals surface area contributed by atoms with Crippen LogP contribution in [0.3, 0.4) is 0 Å². The van der Waals surface area contributed by atoms with Crippen molar-refractivity contribution in [1.29, 1.82) is 0 Å². The number of nitrogens with zero attached hydrogens (tertiary/aromatic N) is 3. The van der Waals surface area contributed by atoms with Crippen LogP contribution in [0.15, 0.2) is 53.2 Å². The second kappa shape index (κ2) is 6.05. The zero-order valence-electron chi connectivity index (χ0n) is 13.9. The van der Waals surface area contributed by atoms with E-state index >= 15 is 0 Å². The summed E-state index contributed by atoms with van der Waals surface area (Å²) >= 11 is 0. The summed E-state index contributed by atoms with van der Waals surface area (Å²) in [4.78, 5) is 10.6. The van der Waals surface area contributed by atoms with Crippen LogP contribution in [0.25, 0.3) is 22.1 Å². The average molecular weight is 337 g/mol. The molecule has 0 aliphatic carbocycles. The molecule has 0 amide bonds. The molecule has 0 spiro atoms. The number of methoxy groups -OCH3 is 1. The van der Waals surface area contributed by atoms with Crippen LogP contribution in [0, 0.1) is 5.82 Å². The van der Waals surface area contributed by atoms with Gasteiger partial charge in [-0.2, -0.15) is 0 Å². The molecule has 0 saturated carbocycles. The maximum absolute atomic E-state index is 13.9. The molecule has 0 radical (unpaired) electrons. The Balaban J connectivity index is 1.72. The lowest BCUT2D eigenvalue weighted by molar-refractivity contribution is 0.386. The fourth-order valence-electron chi connectivity index (χ4n) is 2.94. The smallest absolute Gasteiger partial charge is 0.196 e. The van der Waals surface area contributed by atoms with E-state index in [9.17, 15) is 4.39 Å². The maximum Gasteiger partial charge on any atom is 0.196 e. The van der Waals surface area contributed by atoms with Gasteiger partial charge in [0.15, 0.2) is 23.0 Å². The van der Waals surface area contributed by atoms with Gasteiger partial charge in [0.2, 0.25) is 0 Å². The Bertz CT molecular complexity index is 1060. The molecule has 126 valence electrons. The Morgan fingerprint density at radius 3 is 2.80 bits per heavy atom. The zero-order valence-corrected chi connectivity index (χ0v) is 13.9. The van der Waals surface area contributed by atoms with Gasteiger partial charge in [0.25, 0.3) is 0 Å². The van der Waals surface area contributed by atoms with Crippen LogP contribution >= 0.6 is 0 Å². The lowest BCUT2D eigenvalue weighted by Gasteiger charge is -2.18. The monoisotopic (exact) mass is 337 g/mol. The van der Waals surface area contributed by atoms with Gasteiger partial charge in [-0.1, -0.05) is 18.2 Å². The summed E-state index contributed by atoms with van der Waals surface area (Å²) in [6, 6.07) is 12.7. The Hall–Kier alpha value is -3.15. The number of ether oxygens (including phenoxy) is 1. The third kappa shape index (κ3) is 2.65. The molecule has 6 heteroatoms. The summed E-state index contributed by atoms with van der Waals surface area (Å²) < 4.78 is 24.8. The van der Waals surface area contributed by atoms with Crippen molar-refractivity contribution in [3.05, 3.63) is 60.2 Å². The SMILES string of the molecule is COc1ccc(CN(C)c2ncnc3c2oc2ccccc23)cc1F. The lowest BCUT2D eigenvalue weighted by Crippen LogP contribution is -2.18. The number of benzene rings is 2. The maximum atomic E-state index is 13.9. The summed E-state index contributed by atoms with van der Waals surface area (Å²) in [6.07, 6.45) is 1.52. The van der Waals surface area contributed by atoms with Crippen molar-refractivity contribution in [2.45, 2.75) is 6.54 Å². The number of para-hydroxylation sites is 1. The molecular formula is C19H16FN3O2. The van der Waals surface area contributed by atoms with Crippen molar-refractivity contribution in [2.24, 2.45) is 0 Å². The van der Waals surface area contributed by atoms with Gasteiger partial charge in [-0.05, 0) is 29.8 Å². The van der Waals surface area contributed by atoms with Gasteiger partial charge in [-0.25, -0.2) is 14.4 Å². The molecule has 2 aromatic carbocycles. The molecule has 0 fully saturated rings. The van der Waals surface area contributed by atoms with Crippen LogP contribution in [0.4, 0.5) is 10.2 Å². The summed E-state index contributed by atoms with van der Waals surface area (Å²) in [5.41, 5.74) is 2.97. The first-order chi connectivity index (χ1) is 12.2. The molecule has 0 unspecified atom stereocenters. The summed E-state index contributed by atoms with van der Waals surface area (Å²) in [6.45, 7) is 0.476. The minimum Gasteiger partial charge on any atom is -0.494 e. The van der Waals surface area contributed by atoms with Gasteiger partial charge in [0.05, 0.1) is 7.11 Å². The highest BCUT2D eigenvalue weighted by Gasteiger charge is 2.16. The Kier molecular flexibility index (Phi) is 3.72. The van der Waals surface area contributed by atoms with E-state index in [4.69, 9.17) is 9.15 Å². The molecule has 2 aromatic heterocycles. The molecule has 25 heavy (non-hydrogen) atoms. The minimum absolute atomic E-state index is 0.230. The lowest BCUT2D eigenvalue weighted by atomic mass is 10.2. The number of anilines is 1. The van der Waals surface area contributed by atoms with Gasteiger partial charge < -0.3 is 14.1 Å². The van der Waals surface area contributed by atoms with Gasteiger partial charge >= 0.3 is 0 Å². The number of rotatable bonds is 4. The van der Waals surface area contributed by atoms with Gasteiger partial charge in [-0.15, -0.1) is 0 Å². The van der Waals surface area contributed by atoms with Crippen LogP contribution in [0.1, 0.15) is 5.56 Å². The topological polar surface area (TPSA) is 51.4 Å². The first-order valence-electron chi connectivity index (χ1n) is 7.83. The van der Waals surface area contributed by atoms with Crippen molar-refractivity contribution in [1.82, 2.24) is 9.97 Å². The highest BCUT2D eigenvalue weighted by molar-refractivity contribution is 6.05. The average Bonchev–Trinajstić information content (AvgIpc) is 3.00. The second-order valence-electron chi connectivity index (χ2n) is 5.80.